The quantitative estimate of drug-likeness (QED) is 0.736. The van der Waals surface area contributed by atoms with E-state index in [0.717, 1.165) is 5.56 Å². The van der Waals surface area contributed by atoms with Crippen molar-refractivity contribution >= 4 is 11.8 Å². The van der Waals surface area contributed by atoms with Crippen molar-refractivity contribution in [2.75, 3.05) is 6.54 Å². The van der Waals surface area contributed by atoms with Crippen LogP contribution in [-0.4, -0.2) is 23.9 Å². The van der Waals surface area contributed by atoms with Gasteiger partial charge in [-0.3, -0.25) is 9.59 Å². The highest BCUT2D eigenvalue weighted by Gasteiger charge is 2.40. The van der Waals surface area contributed by atoms with Crippen molar-refractivity contribution in [3.05, 3.63) is 35.9 Å². The van der Waals surface area contributed by atoms with Crippen molar-refractivity contribution in [3.63, 3.8) is 0 Å². The summed E-state index contributed by atoms with van der Waals surface area (Å²) in [5, 5.41) is 5.39. The monoisotopic (exact) mass is 291 g/mol. The SMILES string of the molecule is CC(C)(N)C(C)(C)C(=O)NCC(=O)NCc1ccccc1. The predicted molar refractivity (Wildman–Crippen MR) is 83.3 cm³/mol. The van der Waals surface area contributed by atoms with Gasteiger partial charge in [0, 0.05) is 12.1 Å². The van der Waals surface area contributed by atoms with Crippen LogP contribution in [0.15, 0.2) is 30.3 Å². The lowest BCUT2D eigenvalue weighted by molar-refractivity contribution is -0.134. The Labute approximate surface area is 126 Å². The van der Waals surface area contributed by atoms with Gasteiger partial charge in [-0.05, 0) is 33.3 Å². The number of amides is 2. The molecule has 0 heterocycles. The van der Waals surface area contributed by atoms with Gasteiger partial charge in [0.25, 0.3) is 0 Å². The number of carbonyl (C=O) groups is 2. The molecule has 5 heteroatoms. The molecule has 21 heavy (non-hydrogen) atoms. The first kappa shape index (κ1) is 17.2. The summed E-state index contributed by atoms with van der Waals surface area (Å²) in [5.41, 5.74) is 5.58. The second kappa shape index (κ2) is 6.72. The molecule has 0 bridgehead atoms. The van der Waals surface area contributed by atoms with Gasteiger partial charge in [0.15, 0.2) is 0 Å². The molecule has 1 aromatic carbocycles. The van der Waals surface area contributed by atoms with E-state index in [2.05, 4.69) is 10.6 Å². The molecule has 0 aliphatic heterocycles. The molecule has 0 radical (unpaired) electrons. The van der Waals surface area contributed by atoms with Gasteiger partial charge in [-0.1, -0.05) is 30.3 Å². The van der Waals surface area contributed by atoms with Crippen LogP contribution in [-0.2, 0) is 16.1 Å². The van der Waals surface area contributed by atoms with Gasteiger partial charge < -0.3 is 16.4 Å². The van der Waals surface area contributed by atoms with Gasteiger partial charge >= 0.3 is 0 Å². The lowest BCUT2D eigenvalue weighted by atomic mass is 9.74. The highest BCUT2D eigenvalue weighted by atomic mass is 16.2. The third kappa shape index (κ3) is 4.86. The zero-order valence-corrected chi connectivity index (χ0v) is 13.2. The minimum atomic E-state index is -0.757. The van der Waals surface area contributed by atoms with Crippen molar-refractivity contribution in [1.82, 2.24) is 10.6 Å². The third-order valence-electron chi connectivity index (χ3n) is 3.92. The summed E-state index contributed by atoms with van der Waals surface area (Å²) >= 11 is 0. The Morgan fingerprint density at radius 1 is 1.05 bits per heavy atom. The topological polar surface area (TPSA) is 84.2 Å². The fraction of sp³-hybridized carbons (Fsp3) is 0.500. The molecule has 4 N–H and O–H groups in total. The molecule has 0 unspecified atom stereocenters. The Morgan fingerprint density at radius 3 is 2.14 bits per heavy atom. The summed E-state index contributed by atoms with van der Waals surface area (Å²) in [5.74, 6) is -0.456. The van der Waals surface area contributed by atoms with Crippen LogP contribution >= 0.6 is 0 Å². The average Bonchev–Trinajstić information content (AvgIpc) is 2.42. The molecule has 0 aromatic heterocycles. The van der Waals surface area contributed by atoms with Gasteiger partial charge in [0.05, 0.1) is 12.0 Å². The first-order chi connectivity index (χ1) is 9.64. The number of benzene rings is 1. The summed E-state index contributed by atoms with van der Waals surface area (Å²) in [6.07, 6.45) is 0. The Hall–Kier alpha value is -1.88. The van der Waals surface area contributed by atoms with Gasteiger partial charge in [0.2, 0.25) is 11.8 Å². The highest BCUT2D eigenvalue weighted by Crippen LogP contribution is 2.28. The standard InChI is InChI=1S/C16H25N3O2/c1-15(2,16(3,4)17)14(21)19-11-13(20)18-10-12-8-6-5-7-9-12/h5-9H,10-11,17H2,1-4H3,(H,18,20)(H,19,21). The molecule has 1 rings (SSSR count). The van der Waals surface area contributed by atoms with E-state index in [4.69, 9.17) is 5.73 Å². The fourth-order valence-corrected chi connectivity index (χ4v) is 1.53. The Bertz CT molecular complexity index is 490. The predicted octanol–water partition coefficient (Wildman–Crippen LogP) is 1.18. The molecule has 2 amide bonds. The van der Waals surface area contributed by atoms with Crippen LogP contribution < -0.4 is 16.4 Å². The number of rotatable bonds is 6. The van der Waals surface area contributed by atoms with E-state index in [1.54, 1.807) is 27.7 Å². The van der Waals surface area contributed by atoms with E-state index in [1.807, 2.05) is 30.3 Å². The number of hydrogen-bond acceptors (Lipinski definition) is 3. The van der Waals surface area contributed by atoms with Gasteiger partial charge in [-0.15, -0.1) is 0 Å². The highest BCUT2D eigenvalue weighted by molar-refractivity contribution is 5.88. The van der Waals surface area contributed by atoms with Crippen molar-refractivity contribution < 1.29 is 9.59 Å². The van der Waals surface area contributed by atoms with Crippen LogP contribution in [0.25, 0.3) is 0 Å². The zero-order chi connectivity index (χ0) is 16.1. The van der Waals surface area contributed by atoms with Gasteiger partial charge in [-0.2, -0.15) is 0 Å². The van der Waals surface area contributed by atoms with Crippen LogP contribution in [0.3, 0.4) is 0 Å². The molecular formula is C16H25N3O2. The van der Waals surface area contributed by atoms with Crippen molar-refractivity contribution in [1.29, 1.82) is 0 Å². The average molecular weight is 291 g/mol. The summed E-state index contributed by atoms with van der Waals surface area (Å²) in [6, 6.07) is 9.60. The van der Waals surface area contributed by atoms with Crippen LogP contribution in [0.4, 0.5) is 0 Å². The van der Waals surface area contributed by atoms with Crippen molar-refractivity contribution in [2.24, 2.45) is 11.1 Å². The number of nitrogens with one attached hydrogen (secondary N) is 2. The molecule has 0 saturated heterocycles. The second-order valence-electron chi connectivity index (χ2n) is 6.29. The first-order valence-corrected chi connectivity index (χ1v) is 7.02. The minimum absolute atomic E-state index is 0.0504. The summed E-state index contributed by atoms with van der Waals surface area (Å²) in [7, 11) is 0. The van der Waals surface area contributed by atoms with E-state index in [0.29, 0.717) is 6.54 Å². The van der Waals surface area contributed by atoms with Crippen LogP contribution in [0.2, 0.25) is 0 Å². The molecule has 5 nitrogen and oxygen atoms in total. The van der Waals surface area contributed by atoms with E-state index in [1.165, 1.54) is 0 Å². The number of hydrogen-bond donors (Lipinski definition) is 3. The molecular weight excluding hydrogens is 266 g/mol. The van der Waals surface area contributed by atoms with E-state index in [-0.39, 0.29) is 18.4 Å². The Balaban J connectivity index is 2.41. The molecule has 1 aromatic rings. The fourth-order valence-electron chi connectivity index (χ4n) is 1.53. The summed E-state index contributed by atoms with van der Waals surface area (Å²) < 4.78 is 0. The molecule has 0 aliphatic rings. The summed E-state index contributed by atoms with van der Waals surface area (Å²) in [6.45, 7) is 7.52. The Morgan fingerprint density at radius 2 is 1.62 bits per heavy atom. The van der Waals surface area contributed by atoms with Gasteiger partial charge in [-0.25, -0.2) is 0 Å². The molecule has 0 saturated carbocycles. The smallest absolute Gasteiger partial charge is 0.239 e. The van der Waals surface area contributed by atoms with Gasteiger partial charge in [0.1, 0.15) is 0 Å². The molecule has 0 aliphatic carbocycles. The first-order valence-electron chi connectivity index (χ1n) is 7.02. The lowest BCUT2D eigenvalue weighted by Crippen LogP contribution is -2.56. The zero-order valence-electron chi connectivity index (χ0n) is 13.2. The van der Waals surface area contributed by atoms with E-state index >= 15 is 0 Å². The van der Waals surface area contributed by atoms with Crippen molar-refractivity contribution in [2.45, 2.75) is 39.8 Å². The second-order valence-corrected chi connectivity index (χ2v) is 6.29. The van der Waals surface area contributed by atoms with Crippen LogP contribution in [0.1, 0.15) is 33.3 Å². The lowest BCUT2D eigenvalue weighted by Gasteiger charge is -2.36. The maximum absolute atomic E-state index is 12.1. The molecule has 116 valence electrons. The van der Waals surface area contributed by atoms with E-state index in [9.17, 15) is 9.59 Å². The van der Waals surface area contributed by atoms with E-state index < -0.39 is 11.0 Å². The van der Waals surface area contributed by atoms with Crippen LogP contribution in [0, 0.1) is 5.41 Å². The normalized spacial score (nSPS) is 11.9. The maximum Gasteiger partial charge on any atom is 0.239 e. The van der Waals surface area contributed by atoms with Crippen LogP contribution in [0.5, 0.6) is 0 Å². The summed E-state index contributed by atoms with van der Waals surface area (Å²) in [4.78, 5) is 23.9. The maximum atomic E-state index is 12.1. The largest absolute Gasteiger partial charge is 0.350 e. The minimum Gasteiger partial charge on any atom is -0.350 e. The van der Waals surface area contributed by atoms with Crippen molar-refractivity contribution in [3.8, 4) is 0 Å². The Kier molecular flexibility index (Phi) is 5.49. The third-order valence-corrected chi connectivity index (χ3v) is 3.92. The molecule has 0 atom stereocenters. The molecule has 0 spiro atoms. The number of nitrogens with two attached hydrogens (primary N) is 1. The number of carbonyl (C=O) groups excluding carboxylic acids is 2. The molecule has 0 fully saturated rings.